The Labute approximate surface area is 167 Å². The number of hydrogen-bond acceptors (Lipinski definition) is 2. The molecule has 1 fully saturated rings. The van der Waals surface area contributed by atoms with E-state index in [1.807, 2.05) is 41.3 Å². The smallest absolute Gasteiger partial charge is 0.240 e. The summed E-state index contributed by atoms with van der Waals surface area (Å²) in [5.74, 6) is 0.154. The second-order valence-electron chi connectivity index (χ2n) is 9.02. The van der Waals surface area contributed by atoms with Crippen LogP contribution in [0.4, 0.5) is 5.69 Å². The molecule has 2 aliphatic heterocycles. The zero-order chi connectivity index (χ0) is 19.2. The monoisotopic (exact) mass is 399 g/mol. The molecule has 27 heavy (non-hydrogen) atoms. The van der Waals surface area contributed by atoms with Crippen LogP contribution in [-0.4, -0.2) is 26.7 Å². The van der Waals surface area contributed by atoms with Crippen molar-refractivity contribution in [3.8, 4) is 0 Å². The molecule has 1 amide bonds. The Morgan fingerprint density at radius 3 is 2.63 bits per heavy atom. The first kappa shape index (κ1) is 18.7. The van der Waals surface area contributed by atoms with E-state index in [9.17, 15) is 4.79 Å². The van der Waals surface area contributed by atoms with E-state index in [1.165, 1.54) is 0 Å². The van der Waals surface area contributed by atoms with E-state index in [4.69, 9.17) is 16.3 Å². The minimum atomic E-state index is -1.27. The van der Waals surface area contributed by atoms with Gasteiger partial charge >= 0.3 is 0 Å². The Kier molecular flexibility index (Phi) is 4.69. The van der Waals surface area contributed by atoms with Gasteiger partial charge in [0.05, 0.1) is 19.3 Å². The molecule has 1 spiro atoms. The van der Waals surface area contributed by atoms with E-state index in [2.05, 4.69) is 31.8 Å². The van der Waals surface area contributed by atoms with Gasteiger partial charge in [-0.3, -0.25) is 4.79 Å². The lowest BCUT2D eigenvalue weighted by atomic mass is 9.80. The van der Waals surface area contributed by atoms with Crippen molar-refractivity contribution in [1.82, 2.24) is 0 Å². The summed E-state index contributed by atoms with van der Waals surface area (Å²) in [7, 11) is -1.27. The van der Waals surface area contributed by atoms with Crippen LogP contribution in [0.1, 0.15) is 17.5 Å². The number of nitrogens with zero attached hydrogens (tertiary/aromatic N) is 1. The summed E-state index contributed by atoms with van der Waals surface area (Å²) in [6.45, 7) is 8.09. The van der Waals surface area contributed by atoms with E-state index in [0.717, 1.165) is 29.3 Å². The van der Waals surface area contributed by atoms with E-state index in [-0.39, 0.29) is 12.0 Å². The van der Waals surface area contributed by atoms with Crippen LogP contribution >= 0.6 is 11.6 Å². The van der Waals surface area contributed by atoms with Crippen LogP contribution in [0.2, 0.25) is 30.7 Å². The van der Waals surface area contributed by atoms with Crippen LogP contribution < -0.4 is 4.90 Å². The van der Waals surface area contributed by atoms with Gasteiger partial charge in [0.25, 0.3) is 0 Å². The zero-order valence-corrected chi connectivity index (χ0v) is 17.9. The van der Waals surface area contributed by atoms with Gasteiger partial charge in [-0.2, -0.15) is 0 Å². The van der Waals surface area contributed by atoms with Crippen LogP contribution in [0, 0.1) is 0 Å². The van der Waals surface area contributed by atoms with Gasteiger partial charge in [0, 0.05) is 18.8 Å². The predicted octanol–water partition coefficient (Wildman–Crippen LogP) is 5.25. The summed E-state index contributed by atoms with van der Waals surface area (Å²) in [5.41, 5.74) is 2.56. The molecule has 0 N–H and O–H groups in total. The quantitative estimate of drug-likeness (QED) is 0.657. The normalized spacial score (nSPS) is 24.7. The molecule has 2 heterocycles. The molecule has 2 aromatic carbocycles. The van der Waals surface area contributed by atoms with Gasteiger partial charge in [-0.15, -0.1) is 0 Å². The average molecular weight is 400 g/mol. The minimum Gasteiger partial charge on any atom is -0.377 e. The van der Waals surface area contributed by atoms with Crippen molar-refractivity contribution < 1.29 is 9.53 Å². The molecule has 3 nitrogen and oxygen atoms in total. The van der Waals surface area contributed by atoms with Gasteiger partial charge in [-0.25, -0.2) is 0 Å². The Morgan fingerprint density at radius 2 is 1.93 bits per heavy atom. The largest absolute Gasteiger partial charge is 0.377 e. The highest BCUT2D eigenvalue weighted by atomic mass is 35.5. The Hall–Kier alpha value is -1.62. The second-order valence-corrected chi connectivity index (χ2v) is 15.0. The predicted molar refractivity (Wildman–Crippen MR) is 113 cm³/mol. The molecule has 2 atom stereocenters. The molecule has 0 radical (unpaired) electrons. The molecule has 0 saturated carbocycles. The fourth-order valence-electron chi connectivity index (χ4n) is 4.45. The molecule has 142 valence electrons. The molecule has 0 aromatic heterocycles. The number of halogens is 1. The molecule has 2 aliphatic rings. The Bertz CT molecular complexity index is 864. The maximum atomic E-state index is 13.6. The Morgan fingerprint density at radius 1 is 1.19 bits per heavy atom. The number of hydrogen-bond donors (Lipinski definition) is 0. The first-order valence-corrected chi connectivity index (χ1v) is 13.6. The third kappa shape index (κ3) is 3.46. The number of amides is 1. The van der Waals surface area contributed by atoms with Crippen molar-refractivity contribution in [2.45, 2.75) is 50.2 Å². The van der Waals surface area contributed by atoms with Gasteiger partial charge in [0.1, 0.15) is 5.41 Å². The fraction of sp³-hybridized carbons (Fsp3) is 0.409. The molecular weight excluding hydrogens is 374 g/mol. The number of anilines is 1. The van der Waals surface area contributed by atoms with Crippen LogP contribution in [0.5, 0.6) is 0 Å². The molecule has 4 rings (SSSR count). The van der Waals surface area contributed by atoms with Crippen LogP contribution in [-0.2, 0) is 21.5 Å². The van der Waals surface area contributed by atoms with Crippen molar-refractivity contribution >= 4 is 31.3 Å². The van der Waals surface area contributed by atoms with Crippen molar-refractivity contribution in [3.05, 3.63) is 64.7 Å². The summed E-state index contributed by atoms with van der Waals surface area (Å²) < 4.78 is 6.18. The number of rotatable bonds is 4. The Balaban J connectivity index is 1.70. The highest BCUT2D eigenvalue weighted by Crippen LogP contribution is 2.50. The fourth-order valence-corrected chi connectivity index (χ4v) is 6.25. The van der Waals surface area contributed by atoms with E-state index in [0.29, 0.717) is 18.2 Å². The third-order valence-electron chi connectivity index (χ3n) is 5.58. The van der Waals surface area contributed by atoms with Crippen LogP contribution in [0.15, 0.2) is 48.5 Å². The topological polar surface area (TPSA) is 29.5 Å². The second kappa shape index (κ2) is 6.76. The van der Waals surface area contributed by atoms with Crippen molar-refractivity contribution in [3.63, 3.8) is 0 Å². The lowest BCUT2D eigenvalue weighted by molar-refractivity contribution is -0.123. The van der Waals surface area contributed by atoms with Crippen molar-refractivity contribution in [1.29, 1.82) is 0 Å². The molecule has 1 saturated heterocycles. The summed E-state index contributed by atoms with van der Waals surface area (Å²) in [5, 5.41) is 0.677. The summed E-state index contributed by atoms with van der Waals surface area (Å²) >= 11 is 6.32. The van der Waals surface area contributed by atoms with Gasteiger partial charge in [-0.05, 0) is 41.8 Å². The first-order chi connectivity index (χ1) is 12.8. The maximum Gasteiger partial charge on any atom is 0.240 e. The van der Waals surface area contributed by atoms with E-state index < -0.39 is 13.5 Å². The summed E-state index contributed by atoms with van der Waals surface area (Å²) in [6.07, 6.45) is 0.915. The number of carbonyl (C=O) groups excluding carboxylic acids is 1. The van der Waals surface area contributed by atoms with E-state index >= 15 is 0 Å². The zero-order valence-electron chi connectivity index (χ0n) is 16.2. The highest BCUT2D eigenvalue weighted by Gasteiger charge is 2.55. The molecular formula is C22H26ClNO2Si. The maximum absolute atomic E-state index is 13.6. The molecule has 2 unspecified atom stereocenters. The number of ether oxygens (including phenoxy) is 1. The molecule has 0 bridgehead atoms. The number of benzene rings is 2. The summed E-state index contributed by atoms with van der Waals surface area (Å²) in [6, 6.07) is 17.1. The van der Waals surface area contributed by atoms with Gasteiger partial charge in [-0.1, -0.05) is 61.6 Å². The number of carbonyl (C=O) groups is 1. The van der Waals surface area contributed by atoms with Crippen LogP contribution in [0.25, 0.3) is 0 Å². The average Bonchev–Trinajstić information content (AvgIpc) is 3.11. The van der Waals surface area contributed by atoms with Gasteiger partial charge in [0.15, 0.2) is 0 Å². The summed E-state index contributed by atoms with van der Waals surface area (Å²) in [4.78, 5) is 15.5. The molecule has 0 aliphatic carbocycles. The lowest BCUT2D eigenvalue weighted by Gasteiger charge is -2.24. The van der Waals surface area contributed by atoms with Crippen molar-refractivity contribution in [2.75, 3.05) is 11.5 Å². The van der Waals surface area contributed by atoms with Crippen LogP contribution in [0.3, 0.4) is 0 Å². The van der Waals surface area contributed by atoms with Gasteiger partial charge in [0.2, 0.25) is 5.91 Å². The first-order valence-electron chi connectivity index (χ1n) is 9.56. The minimum absolute atomic E-state index is 0.154. The third-order valence-corrected chi connectivity index (χ3v) is 7.50. The van der Waals surface area contributed by atoms with Crippen molar-refractivity contribution in [2.24, 2.45) is 0 Å². The highest BCUT2D eigenvalue weighted by molar-refractivity contribution is 6.76. The SMILES string of the molecule is C[Si](C)(C)CC1CC2(CO1)C(=O)N(Cc1ccccc1)c1ccc(Cl)cc12. The standard InChI is InChI=1S/C22H26ClNO2Si/c1-27(2,3)14-18-12-22(15-26-18)19-11-17(23)9-10-20(19)24(21(22)25)13-16-7-5-4-6-8-16/h4-11,18H,12-15H2,1-3H3. The number of fused-ring (bicyclic) bond motifs is 2. The molecule has 5 heteroatoms. The lowest BCUT2D eigenvalue weighted by Crippen LogP contribution is -2.41. The van der Waals surface area contributed by atoms with E-state index in [1.54, 1.807) is 0 Å². The van der Waals surface area contributed by atoms with Gasteiger partial charge < -0.3 is 9.64 Å². The molecule has 2 aromatic rings.